The van der Waals surface area contributed by atoms with E-state index in [4.69, 9.17) is 14.6 Å². The van der Waals surface area contributed by atoms with Gasteiger partial charge in [-0.05, 0) is 37.5 Å². The van der Waals surface area contributed by atoms with E-state index < -0.39 is 16.0 Å². The molecule has 0 aromatic heterocycles. The van der Waals surface area contributed by atoms with Crippen molar-refractivity contribution in [1.29, 1.82) is 0 Å². The first kappa shape index (κ1) is 13.8. The second-order valence-electron chi connectivity index (χ2n) is 4.37. The summed E-state index contributed by atoms with van der Waals surface area (Å²) in [5.41, 5.74) is 0.0703. The molecule has 0 radical (unpaired) electrons. The number of esters is 1. The SMILES string of the molecule is COc1ccc(S(N)(=O)=O)cc1C(=O)OC1CCC1. The van der Waals surface area contributed by atoms with E-state index in [2.05, 4.69) is 0 Å². The van der Waals surface area contributed by atoms with Crippen LogP contribution in [0.25, 0.3) is 0 Å². The standard InChI is InChI=1S/C12H15NO5S/c1-17-11-6-5-9(19(13,15)16)7-10(11)12(14)18-8-3-2-4-8/h5-8H,2-4H2,1H3,(H2,13,15,16). The largest absolute Gasteiger partial charge is 0.496 e. The van der Waals surface area contributed by atoms with Gasteiger partial charge in [0, 0.05) is 0 Å². The van der Waals surface area contributed by atoms with Crippen LogP contribution in [0.2, 0.25) is 0 Å². The molecule has 0 heterocycles. The fourth-order valence-corrected chi connectivity index (χ4v) is 2.27. The normalized spacial score (nSPS) is 15.7. The monoisotopic (exact) mass is 285 g/mol. The van der Waals surface area contributed by atoms with E-state index in [1.807, 2.05) is 0 Å². The predicted octanol–water partition coefficient (Wildman–Crippen LogP) is 1.05. The van der Waals surface area contributed by atoms with E-state index >= 15 is 0 Å². The Kier molecular flexibility index (Phi) is 3.77. The summed E-state index contributed by atoms with van der Waals surface area (Å²) in [6, 6.07) is 3.85. The Balaban J connectivity index is 2.32. The molecule has 104 valence electrons. The maximum Gasteiger partial charge on any atom is 0.342 e. The number of hydrogen-bond acceptors (Lipinski definition) is 5. The Hall–Kier alpha value is -1.60. The lowest BCUT2D eigenvalue weighted by Gasteiger charge is -2.25. The molecule has 0 bridgehead atoms. The van der Waals surface area contributed by atoms with Crippen LogP contribution in [0.5, 0.6) is 5.75 Å². The maximum atomic E-state index is 12.0. The molecule has 1 saturated carbocycles. The third-order valence-electron chi connectivity index (χ3n) is 3.05. The number of rotatable bonds is 4. The third-order valence-corrected chi connectivity index (χ3v) is 3.96. The summed E-state index contributed by atoms with van der Waals surface area (Å²) in [6.07, 6.45) is 2.62. The zero-order valence-corrected chi connectivity index (χ0v) is 11.3. The molecule has 19 heavy (non-hydrogen) atoms. The molecule has 0 spiro atoms. The molecule has 0 saturated heterocycles. The minimum Gasteiger partial charge on any atom is -0.496 e. The van der Waals surface area contributed by atoms with Crippen molar-refractivity contribution in [1.82, 2.24) is 0 Å². The number of carbonyl (C=O) groups excluding carboxylic acids is 1. The van der Waals surface area contributed by atoms with Gasteiger partial charge in [0.1, 0.15) is 17.4 Å². The van der Waals surface area contributed by atoms with Gasteiger partial charge in [0.25, 0.3) is 0 Å². The van der Waals surface area contributed by atoms with Crippen LogP contribution in [0, 0.1) is 0 Å². The summed E-state index contributed by atoms with van der Waals surface area (Å²) in [7, 11) is -2.47. The fraction of sp³-hybridized carbons (Fsp3) is 0.417. The number of sulfonamides is 1. The van der Waals surface area contributed by atoms with E-state index in [1.165, 1.54) is 25.3 Å². The van der Waals surface area contributed by atoms with Gasteiger partial charge in [0.15, 0.2) is 0 Å². The number of primary sulfonamides is 1. The summed E-state index contributed by atoms with van der Waals surface area (Å²) in [5, 5.41) is 5.04. The maximum absolute atomic E-state index is 12.0. The number of methoxy groups -OCH3 is 1. The molecule has 2 rings (SSSR count). The van der Waals surface area contributed by atoms with Gasteiger partial charge in [-0.15, -0.1) is 0 Å². The summed E-state index contributed by atoms with van der Waals surface area (Å²) in [5.74, 6) is -0.330. The Morgan fingerprint density at radius 2 is 2.05 bits per heavy atom. The molecule has 1 aliphatic rings. The number of benzene rings is 1. The Morgan fingerprint density at radius 3 is 2.53 bits per heavy atom. The first-order chi connectivity index (χ1) is 8.91. The van der Waals surface area contributed by atoms with Gasteiger partial charge in [0.05, 0.1) is 12.0 Å². The van der Waals surface area contributed by atoms with E-state index in [0.717, 1.165) is 19.3 Å². The molecule has 1 aromatic carbocycles. The lowest BCUT2D eigenvalue weighted by Crippen LogP contribution is -2.25. The molecule has 1 aromatic rings. The van der Waals surface area contributed by atoms with Crippen LogP contribution >= 0.6 is 0 Å². The van der Waals surface area contributed by atoms with Gasteiger partial charge in [-0.25, -0.2) is 18.4 Å². The van der Waals surface area contributed by atoms with Crippen molar-refractivity contribution in [3.63, 3.8) is 0 Å². The molecule has 6 nitrogen and oxygen atoms in total. The quantitative estimate of drug-likeness (QED) is 0.834. The first-order valence-corrected chi connectivity index (χ1v) is 7.38. The Bertz CT molecular complexity index is 592. The molecular formula is C12H15NO5S. The van der Waals surface area contributed by atoms with Gasteiger partial charge < -0.3 is 9.47 Å². The van der Waals surface area contributed by atoms with Gasteiger partial charge >= 0.3 is 5.97 Å². The molecular weight excluding hydrogens is 270 g/mol. The lowest BCUT2D eigenvalue weighted by atomic mass is 9.96. The van der Waals surface area contributed by atoms with Crippen molar-refractivity contribution in [3.8, 4) is 5.75 Å². The zero-order chi connectivity index (χ0) is 14.0. The smallest absolute Gasteiger partial charge is 0.342 e. The molecule has 0 aliphatic heterocycles. The highest BCUT2D eigenvalue weighted by molar-refractivity contribution is 7.89. The van der Waals surface area contributed by atoms with E-state index in [1.54, 1.807) is 0 Å². The van der Waals surface area contributed by atoms with Crippen LogP contribution in [-0.4, -0.2) is 27.6 Å². The lowest BCUT2D eigenvalue weighted by molar-refractivity contribution is 0.00869. The van der Waals surface area contributed by atoms with Crippen molar-refractivity contribution in [2.24, 2.45) is 5.14 Å². The second-order valence-corrected chi connectivity index (χ2v) is 5.93. The summed E-state index contributed by atoms with van der Waals surface area (Å²) in [4.78, 5) is 11.8. The minimum absolute atomic E-state index is 0.0703. The summed E-state index contributed by atoms with van der Waals surface area (Å²) in [6.45, 7) is 0. The van der Waals surface area contributed by atoms with E-state index in [0.29, 0.717) is 0 Å². The topological polar surface area (TPSA) is 95.7 Å². The molecule has 1 fully saturated rings. The minimum atomic E-state index is -3.87. The van der Waals surface area contributed by atoms with Crippen molar-refractivity contribution < 1.29 is 22.7 Å². The zero-order valence-electron chi connectivity index (χ0n) is 10.5. The van der Waals surface area contributed by atoms with Crippen LogP contribution in [0.3, 0.4) is 0 Å². The molecule has 7 heteroatoms. The molecule has 0 unspecified atom stereocenters. The number of nitrogens with two attached hydrogens (primary N) is 1. The van der Waals surface area contributed by atoms with Crippen LogP contribution in [0.15, 0.2) is 23.1 Å². The number of ether oxygens (including phenoxy) is 2. The first-order valence-electron chi connectivity index (χ1n) is 5.83. The summed E-state index contributed by atoms with van der Waals surface area (Å²) >= 11 is 0. The van der Waals surface area contributed by atoms with Crippen LogP contribution in [-0.2, 0) is 14.8 Å². The van der Waals surface area contributed by atoms with E-state index in [9.17, 15) is 13.2 Å². The average Bonchev–Trinajstić information content (AvgIpc) is 2.31. The third kappa shape index (κ3) is 3.05. The molecule has 1 aliphatic carbocycles. The number of hydrogen-bond donors (Lipinski definition) is 1. The Labute approximate surface area is 111 Å². The van der Waals surface area contributed by atoms with Gasteiger partial charge in [-0.1, -0.05) is 0 Å². The second kappa shape index (κ2) is 5.18. The van der Waals surface area contributed by atoms with Crippen LogP contribution in [0.4, 0.5) is 0 Å². The van der Waals surface area contributed by atoms with Gasteiger partial charge in [-0.2, -0.15) is 0 Å². The average molecular weight is 285 g/mol. The van der Waals surface area contributed by atoms with Crippen molar-refractivity contribution >= 4 is 16.0 Å². The van der Waals surface area contributed by atoms with Crippen LogP contribution < -0.4 is 9.88 Å². The molecule has 0 amide bonds. The van der Waals surface area contributed by atoms with Gasteiger partial charge in [-0.3, -0.25) is 0 Å². The highest BCUT2D eigenvalue weighted by atomic mass is 32.2. The summed E-state index contributed by atoms with van der Waals surface area (Å²) < 4.78 is 32.8. The molecule has 2 N–H and O–H groups in total. The highest BCUT2D eigenvalue weighted by Crippen LogP contribution is 2.27. The predicted molar refractivity (Wildman–Crippen MR) is 67.4 cm³/mol. The highest BCUT2D eigenvalue weighted by Gasteiger charge is 2.25. The Morgan fingerprint density at radius 1 is 1.37 bits per heavy atom. The van der Waals surface area contributed by atoms with Crippen LogP contribution in [0.1, 0.15) is 29.6 Å². The van der Waals surface area contributed by atoms with Gasteiger partial charge in [0.2, 0.25) is 10.0 Å². The fourth-order valence-electron chi connectivity index (χ4n) is 1.73. The molecule has 0 atom stereocenters. The van der Waals surface area contributed by atoms with Crippen molar-refractivity contribution in [3.05, 3.63) is 23.8 Å². The van der Waals surface area contributed by atoms with Crippen molar-refractivity contribution in [2.45, 2.75) is 30.3 Å². The van der Waals surface area contributed by atoms with Crippen molar-refractivity contribution in [2.75, 3.05) is 7.11 Å². The van der Waals surface area contributed by atoms with E-state index in [-0.39, 0.29) is 22.3 Å². The number of carbonyl (C=O) groups is 1.